The van der Waals surface area contributed by atoms with Gasteiger partial charge in [-0.15, -0.1) is 0 Å². The van der Waals surface area contributed by atoms with Crippen LogP contribution in [-0.4, -0.2) is 38.3 Å². The molecule has 164 valence electrons. The Morgan fingerprint density at radius 3 is 1.86 bits per heavy atom. The van der Waals surface area contributed by atoms with Gasteiger partial charge < -0.3 is 19.5 Å². The van der Waals surface area contributed by atoms with Crippen molar-refractivity contribution in [3.63, 3.8) is 0 Å². The number of carbonyl (C=O) groups excluding carboxylic acids is 2. The van der Waals surface area contributed by atoms with Gasteiger partial charge in [0.15, 0.2) is 0 Å². The molecular weight excluding hydrogens is 370 g/mol. The first kappa shape index (κ1) is 24.8. The maximum Gasteiger partial charge on any atom is 0.313 e. The molecule has 0 fully saturated rings. The molecule has 0 spiro atoms. The second-order valence-electron chi connectivity index (χ2n) is 8.45. The van der Waals surface area contributed by atoms with E-state index >= 15 is 0 Å². The Balaban J connectivity index is 3.14. The van der Waals surface area contributed by atoms with Gasteiger partial charge in [0.25, 0.3) is 0 Å². The predicted octanol–water partition coefficient (Wildman–Crippen LogP) is 4.68. The van der Waals surface area contributed by atoms with Gasteiger partial charge >= 0.3 is 11.9 Å². The normalized spacial score (nSPS) is 13.9. The molecule has 0 aliphatic carbocycles. The molecule has 0 bridgehead atoms. The van der Waals surface area contributed by atoms with Crippen molar-refractivity contribution in [1.29, 1.82) is 0 Å². The van der Waals surface area contributed by atoms with E-state index in [1.165, 1.54) is 0 Å². The summed E-state index contributed by atoms with van der Waals surface area (Å²) in [5.74, 6) is 0.219. The zero-order chi connectivity index (χ0) is 22.2. The number of rotatable bonds is 11. The molecule has 0 aliphatic rings. The molecule has 29 heavy (non-hydrogen) atoms. The number of esters is 2. The summed E-state index contributed by atoms with van der Waals surface area (Å²) in [6.07, 6.45) is 0.587. The zero-order valence-electron chi connectivity index (χ0n) is 19.1. The maximum atomic E-state index is 12.7. The molecule has 0 radical (unpaired) electrons. The summed E-state index contributed by atoms with van der Waals surface area (Å²) >= 11 is 0. The minimum absolute atomic E-state index is 0.0361. The molecule has 0 unspecified atom stereocenters. The number of ether oxygens (including phenoxy) is 3. The molecule has 0 aromatic heterocycles. The Kier molecular flexibility index (Phi) is 8.99. The summed E-state index contributed by atoms with van der Waals surface area (Å²) in [5.41, 5.74) is -0.607. The van der Waals surface area contributed by atoms with Gasteiger partial charge in [-0.1, -0.05) is 6.92 Å². The van der Waals surface area contributed by atoms with Crippen LogP contribution in [0.3, 0.4) is 0 Å². The summed E-state index contributed by atoms with van der Waals surface area (Å²) in [5, 5.41) is 3.48. The van der Waals surface area contributed by atoms with E-state index < -0.39 is 10.8 Å². The van der Waals surface area contributed by atoms with E-state index in [1.807, 2.05) is 58.9 Å². The highest BCUT2D eigenvalue weighted by atomic mass is 16.5. The smallest absolute Gasteiger partial charge is 0.313 e. The lowest BCUT2D eigenvalue weighted by Crippen LogP contribution is -2.46. The molecule has 0 amide bonds. The van der Waals surface area contributed by atoms with E-state index in [0.717, 1.165) is 11.4 Å². The first-order chi connectivity index (χ1) is 13.5. The van der Waals surface area contributed by atoms with E-state index in [0.29, 0.717) is 19.6 Å². The van der Waals surface area contributed by atoms with Crippen molar-refractivity contribution < 1.29 is 23.8 Å². The molecule has 0 aliphatic heterocycles. The number of carbonyl (C=O) groups is 2. The topological polar surface area (TPSA) is 73.9 Å². The molecule has 2 atom stereocenters. The van der Waals surface area contributed by atoms with E-state index in [2.05, 4.69) is 5.32 Å². The van der Waals surface area contributed by atoms with Gasteiger partial charge in [-0.2, -0.15) is 0 Å². The largest absolute Gasteiger partial charge is 0.497 e. The molecule has 0 saturated heterocycles. The first-order valence-corrected chi connectivity index (χ1v) is 10.3. The Morgan fingerprint density at radius 1 is 0.931 bits per heavy atom. The summed E-state index contributed by atoms with van der Waals surface area (Å²) in [7, 11) is 1.62. The highest BCUT2D eigenvalue weighted by molar-refractivity contribution is 5.78. The Hall–Kier alpha value is -2.24. The van der Waals surface area contributed by atoms with Gasteiger partial charge in [0.2, 0.25) is 0 Å². The molecule has 0 heterocycles. The van der Waals surface area contributed by atoms with Gasteiger partial charge in [0.05, 0.1) is 31.2 Å². The van der Waals surface area contributed by atoms with Gasteiger partial charge in [-0.25, -0.2) is 0 Å². The second-order valence-corrected chi connectivity index (χ2v) is 8.45. The molecule has 1 N–H and O–H groups in total. The molecule has 1 aromatic carbocycles. The van der Waals surface area contributed by atoms with Crippen LogP contribution in [0.5, 0.6) is 5.75 Å². The molecule has 0 saturated carbocycles. The maximum absolute atomic E-state index is 12.7. The number of hydrogen-bond donors (Lipinski definition) is 1. The lowest BCUT2D eigenvalue weighted by atomic mass is 9.71. The summed E-state index contributed by atoms with van der Waals surface area (Å²) < 4.78 is 15.8. The van der Waals surface area contributed by atoms with Crippen LogP contribution in [0.4, 0.5) is 5.69 Å². The van der Waals surface area contributed by atoms with Crippen LogP contribution in [-0.2, 0) is 19.1 Å². The summed E-state index contributed by atoms with van der Waals surface area (Å²) in [4.78, 5) is 25.1. The van der Waals surface area contributed by atoms with Gasteiger partial charge in [0, 0.05) is 11.7 Å². The zero-order valence-corrected chi connectivity index (χ0v) is 19.1. The van der Waals surface area contributed by atoms with Crippen LogP contribution in [0.15, 0.2) is 24.3 Å². The monoisotopic (exact) mass is 407 g/mol. The van der Waals surface area contributed by atoms with Gasteiger partial charge in [-0.3, -0.25) is 9.59 Å². The SMILES string of the molecule is CCOC(=O)C(C)(C)[C@H](C)C[C@H](Nc1ccc(OC)cc1)C(C)(C)C(=O)OCC. The van der Waals surface area contributed by atoms with Crippen molar-refractivity contribution in [2.75, 3.05) is 25.6 Å². The van der Waals surface area contributed by atoms with Crippen molar-refractivity contribution in [1.82, 2.24) is 0 Å². The van der Waals surface area contributed by atoms with Crippen LogP contribution in [0.2, 0.25) is 0 Å². The minimum atomic E-state index is -0.797. The van der Waals surface area contributed by atoms with Crippen LogP contribution in [0.25, 0.3) is 0 Å². The second kappa shape index (κ2) is 10.5. The van der Waals surface area contributed by atoms with E-state index in [4.69, 9.17) is 14.2 Å². The standard InChI is InChI=1S/C23H37NO5/c1-9-28-20(25)22(4,5)16(3)15-19(23(6,7)21(26)29-10-2)24-17-11-13-18(27-8)14-12-17/h11-14,16,19,24H,9-10,15H2,1-8H3/t16-,19+/m1/s1. The highest BCUT2D eigenvalue weighted by Gasteiger charge is 2.43. The summed E-state index contributed by atoms with van der Waals surface area (Å²) in [6, 6.07) is 7.30. The van der Waals surface area contributed by atoms with Crippen LogP contribution in [0.1, 0.15) is 54.9 Å². The molecule has 6 heteroatoms. The van der Waals surface area contributed by atoms with E-state index in [1.54, 1.807) is 21.0 Å². The molecular formula is C23H37NO5. The Labute approximate surface area is 175 Å². The lowest BCUT2D eigenvalue weighted by molar-refractivity contribution is -0.157. The molecule has 1 aromatic rings. The highest BCUT2D eigenvalue weighted by Crippen LogP contribution is 2.37. The fourth-order valence-electron chi connectivity index (χ4n) is 3.05. The third-order valence-corrected chi connectivity index (χ3v) is 5.73. The lowest BCUT2D eigenvalue weighted by Gasteiger charge is -2.38. The van der Waals surface area contributed by atoms with Gasteiger partial charge in [0.1, 0.15) is 5.75 Å². The Bertz CT molecular complexity index is 666. The fraction of sp³-hybridized carbons (Fsp3) is 0.652. The van der Waals surface area contributed by atoms with Crippen molar-refractivity contribution >= 4 is 17.6 Å². The minimum Gasteiger partial charge on any atom is -0.497 e. The van der Waals surface area contributed by atoms with Crippen LogP contribution >= 0.6 is 0 Å². The first-order valence-electron chi connectivity index (χ1n) is 10.3. The van der Waals surface area contributed by atoms with Crippen LogP contribution < -0.4 is 10.1 Å². The Morgan fingerprint density at radius 2 is 1.41 bits per heavy atom. The fourth-order valence-corrected chi connectivity index (χ4v) is 3.05. The van der Waals surface area contributed by atoms with Crippen molar-refractivity contribution in [2.45, 2.75) is 60.9 Å². The third-order valence-electron chi connectivity index (χ3n) is 5.73. The average Bonchev–Trinajstić information content (AvgIpc) is 2.68. The van der Waals surface area contributed by atoms with Crippen LogP contribution in [0, 0.1) is 16.7 Å². The molecule has 1 rings (SSSR count). The van der Waals surface area contributed by atoms with Gasteiger partial charge in [-0.05, 0) is 78.1 Å². The van der Waals surface area contributed by atoms with Crippen molar-refractivity contribution in [2.24, 2.45) is 16.7 Å². The number of anilines is 1. The summed E-state index contributed by atoms with van der Waals surface area (Å²) in [6.45, 7) is 13.8. The third kappa shape index (κ3) is 6.38. The van der Waals surface area contributed by atoms with Crippen molar-refractivity contribution in [3.8, 4) is 5.75 Å². The number of methoxy groups -OCH3 is 1. The van der Waals surface area contributed by atoms with E-state index in [9.17, 15) is 9.59 Å². The van der Waals surface area contributed by atoms with E-state index in [-0.39, 0.29) is 23.9 Å². The van der Waals surface area contributed by atoms with Crippen molar-refractivity contribution in [3.05, 3.63) is 24.3 Å². The quantitative estimate of drug-likeness (QED) is 0.537. The molecule has 6 nitrogen and oxygen atoms in total. The average molecular weight is 408 g/mol. The number of hydrogen-bond acceptors (Lipinski definition) is 6. The predicted molar refractivity (Wildman–Crippen MR) is 115 cm³/mol. The number of benzene rings is 1. The number of nitrogens with one attached hydrogen (secondary N) is 1.